The fourth-order valence-electron chi connectivity index (χ4n) is 13.8. The molecule has 0 aliphatic carbocycles. The zero-order chi connectivity index (χ0) is 89.0. The number of amides is 9. The number of halogens is 2. The van der Waals surface area contributed by atoms with Crippen LogP contribution >= 0.6 is 30.5 Å². The van der Waals surface area contributed by atoms with Crippen molar-refractivity contribution < 1.29 is 105 Å². The third kappa shape index (κ3) is 27.8. The predicted molar refractivity (Wildman–Crippen MR) is 459 cm³/mol. The number of aliphatic carboxylic acids is 1. The van der Waals surface area contributed by atoms with Crippen molar-refractivity contribution in [1.29, 1.82) is 0 Å². The molecular formula is C86H104ClFN14O20PS+. The van der Waals surface area contributed by atoms with E-state index in [1.54, 1.807) is 99.8 Å². The second kappa shape index (κ2) is 45.8. The number of hydrogen-bond acceptors (Lipinski definition) is 23. The molecule has 2 aliphatic rings. The number of nitrogens with one attached hydrogen (secondary N) is 5. The lowest BCUT2D eigenvalue weighted by Crippen LogP contribution is -2.57. The lowest BCUT2D eigenvalue weighted by atomic mass is 9.96. The van der Waals surface area contributed by atoms with Crippen LogP contribution in [0.1, 0.15) is 73.9 Å². The quantitative estimate of drug-likeness (QED) is 0.00754. The van der Waals surface area contributed by atoms with E-state index < -0.39 is 91.1 Å². The van der Waals surface area contributed by atoms with Gasteiger partial charge in [0.1, 0.15) is 66.1 Å². The molecule has 34 nitrogen and oxygen atoms in total. The monoisotopic (exact) mass is 1770 g/mol. The molecule has 662 valence electrons. The van der Waals surface area contributed by atoms with Crippen LogP contribution in [0.5, 0.6) is 23.1 Å². The van der Waals surface area contributed by atoms with Crippen LogP contribution < -0.4 is 51.3 Å². The summed E-state index contributed by atoms with van der Waals surface area (Å²) in [5.74, 6) is -3.83. The summed E-state index contributed by atoms with van der Waals surface area (Å²) in [6, 6.07) is 28.1. The number of likely N-dealkylation sites (N-methyl/N-ethyl adjacent to an activating group) is 1. The third-order valence-corrected chi connectivity index (χ3v) is 23.1. The number of nitrogens with two attached hydrogens (primary N) is 1. The van der Waals surface area contributed by atoms with Gasteiger partial charge < -0.3 is 89.8 Å². The average Bonchev–Trinajstić information content (AvgIpc) is 1.54. The molecule has 3 atom stereocenters. The van der Waals surface area contributed by atoms with Gasteiger partial charge in [0.2, 0.25) is 41.5 Å². The number of piperazine rings is 1. The highest BCUT2D eigenvalue weighted by Gasteiger charge is 2.35. The van der Waals surface area contributed by atoms with E-state index in [0.29, 0.717) is 137 Å². The minimum Gasteiger partial charge on any atom is -0.496 e. The largest absolute Gasteiger partial charge is 0.496 e. The molecule has 10 N–H and O–H groups in total. The summed E-state index contributed by atoms with van der Waals surface area (Å²) in [5, 5.41) is 25.1. The van der Waals surface area contributed by atoms with Crippen molar-refractivity contribution >= 4 is 99.8 Å². The van der Waals surface area contributed by atoms with E-state index in [9.17, 15) is 57.2 Å². The molecule has 0 saturated carbocycles. The molecule has 1 saturated heterocycles. The van der Waals surface area contributed by atoms with Gasteiger partial charge in [-0.1, -0.05) is 80.0 Å². The first-order valence-corrected chi connectivity index (χ1v) is 43.4. The number of rotatable bonds is 48. The van der Waals surface area contributed by atoms with E-state index in [1.807, 2.05) is 43.3 Å². The van der Waals surface area contributed by atoms with Crippen LogP contribution in [-0.4, -0.2) is 252 Å². The van der Waals surface area contributed by atoms with Gasteiger partial charge in [0.05, 0.1) is 108 Å². The van der Waals surface area contributed by atoms with Crippen LogP contribution in [0.25, 0.3) is 43.2 Å². The van der Waals surface area contributed by atoms with E-state index in [0.717, 1.165) is 22.6 Å². The van der Waals surface area contributed by atoms with Gasteiger partial charge in [-0.05, 0) is 108 Å². The van der Waals surface area contributed by atoms with E-state index in [-0.39, 0.29) is 129 Å². The number of quaternary nitrogens is 1. The molecule has 124 heavy (non-hydrogen) atoms. The van der Waals surface area contributed by atoms with Crippen molar-refractivity contribution in [1.82, 2.24) is 55.9 Å². The first-order valence-electron chi connectivity index (χ1n) is 40.4. The van der Waals surface area contributed by atoms with Crippen molar-refractivity contribution in [3.05, 3.63) is 173 Å². The molecule has 0 bridgehead atoms. The van der Waals surface area contributed by atoms with Crippen molar-refractivity contribution in [2.45, 2.75) is 97.2 Å². The lowest BCUT2D eigenvalue weighted by Gasteiger charge is -2.42. The van der Waals surface area contributed by atoms with Gasteiger partial charge in [-0.25, -0.2) is 33.9 Å². The molecule has 0 unspecified atom stereocenters. The summed E-state index contributed by atoms with van der Waals surface area (Å²) in [6.07, 6.45) is 2.80. The number of fused-ring (bicyclic) bond motifs is 1. The van der Waals surface area contributed by atoms with Gasteiger partial charge in [0.25, 0.3) is 11.8 Å². The Balaban J connectivity index is 0.799. The van der Waals surface area contributed by atoms with E-state index >= 15 is 0 Å². The number of imide groups is 1. The smallest absolute Gasteiger partial charge is 0.345 e. The molecule has 38 heteroatoms. The summed E-state index contributed by atoms with van der Waals surface area (Å²) in [7, 11) is 1.05. The fourth-order valence-corrected chi connectivity index (χ4v) is 15.7. The molecule has 9 amide bonds. The summed E-state index contributed by atoms with van der Waals surface area (Å²) in [4.78, 5) is 159. The minimum atomic E-state index is -4.32. The van der Waals surface area contributed by atoms with Crippen molar-refractivity contribution in [3.63, 3.8) is 0 Å². The van der Waals surface area contributed by atoms with Crippen LogP contribution in [0.3, 0.4) is 0 Å². The number of thiophene rings is 1. The number of benzene rings is 5. The first kappa shape index (κ1) is 94.8. The van der Waals surface area contributed by atoms with Crippen molar-refractivity contribution in [2.24, 2.45) is 11.7 Å². The van der Waals surface area contributed by atoms with Gasteiger partial charge in [-0.15, -0.1) is 11.3 Å². The van der Waals surface area contributed by atoms with Crippen LogP contribution in [-0.2, 0) is 83.2 Å². The van der Waals surface area contributed by atoms with E-state index in [2.05, 4.69) is 53.5 Å². The number of urea groups is 1. The standard InChI is InChI=1S/C86H103ClFN14O20PS/c1-54(2)78(98-71(104)28-40-117-43-37-101-73(106)25-26-74(101)107)82(109)97-65(14-11-31-92-86(89)112)81(108)96-61-22-19-58(59(48-61)50-99(4)72(105)29-41-118-45-46-119-42-33-90-70(103)30-47-123(113,114)115)51-102(5)38-34-100(35-39-102)36-44-120-68-24-23-63(55(3)77(68)87)75-76-83(93-53-94-84(76)124-79(75)56-17-20-60(88)21-18-56)122-69(85(110)111)49-57-12-7-9-15-66(57)121-52-62-27-32-91-80(95-62)64-13-8-10-16-67(64)116-6/h7-10,12-13,15-27,32,48,53-54,65,69,78H,11,14,28-31,33-47,49-52H2,1-6H3,(H9-,89,90,92,96,97,98,103,104,108,109,110,111,112,113,114,115)/p+1/t65-,69+,78-/m0/s1. The number of ether oxygens (including phenoxy) is 7. The number of primary amides is 1. The predicted octanol–water partition coefficient (Wildman–Crippen LogP) is 8.00. The third-order valence-electron chi connectivity index (χ3n) is 20.7. The topological polar surface area (TPSA) is 443 Å². The number of methoxy groups -OCH3 is 1. The summed E-state index contributed by atoms with van der Waals surface area (Å²) >= 11 is 8.62. The fraction of sp³-hybridized carbons (Fsp3) is 0.407. The van der Waals surface area contributed by atoms with Gasteiger partial charge in [-0.2, -0.15) is 0 Å². The van der Waals surface area contributed by atoms with Gasteiger partial charge in [0, 0.05) is 106 Å². The maximum absolute atomic E-state index is 14.6. The zero-order valence-corrected chi connectivity index (χ0v) is 72.2. The van der Waals surface area contributed by atoms with Gasteiger partial charge in [-0.3, -0.25) is 47.9 Å². The molecule has 2 aliphatic heterocycles. The highest BCUT2D eigenvalue weighted by Crippen LogP contribution is 2.50. The maximum atomic E-state index is 14.6. The molecule has 5 heterocycles. The Labute approximate surface area is 725 Å². The molecule has 3 aromatic heterocycles. The summed E-state index contributed by atoms with van der Waals surface area (Å²) in [6.45, 7) is 9.99. The zero-order valence-electron chi connectivity index (χ0n) is 69.7. The number of carboxylic acids is 1. The summed E-state index contributed by atoms with van der Waals surface area (Å²) < 4.78 is 67.9. The molecular weight excluding hydrogens is 1670 g/mol. The van der Waals surface area contributed by atoms with E-state index in [4.69, 9.17) is 65.3 Å². The lowest BCUT2D eigenvalue weighted by molar-refractivity contribution is -0.926. The molecule has 0 spiro atoms. The Hall–Kier alpha value is -11.4. The van der Waals surface area contributed by atoms with E-state index in [1.165, 1.54) is 29.8 Å². The van der Waals surface area contributed by atoms with Crippen LogP contribution in [0.4, 0.5) is 14.9 Å². The molecule has 1 fully saturated rings. The van der Waals surface area contributed by atoms with Crippen molar-refractivity contribution in [2.75, 3.05) is 131 Å². The van der Waals surface area contributed by atoms with Gasteiger partial charge >= 0.3 is 19.6 Å². The Morgan fingerprint density at radius 3 is 2.17 bits per heavy atom. The molecule has 0 radical (unpaired) electrons. The highest BCUT2D eigenvalue weighted by molar-refractivity contribution is 7.51. The number of carboxylic acid groups (broad SMARTS) is 1. The Kier molecular flexibility index (Phi) is 35.0. The Morgan fingerprint density at radius 2 is 1.45 bits per heavy atom. The Bertz CT molecular complexity index is 5150. The number of carbonyl (C=O) groups excluding carboxylic acids is 8. The van der Waals surface area contributed by atoms with Crippen LogP contribution in [0.2, 0.25) is 5.02 Å². The SMILES string of the molecule is COc1ccccc1-c1nccc(COc2ccccc2C[C@@H](Oc2ncnc3sc(-c4ccc(F)cc4)c(-c4ccc(OCCN5CC[N+](C)(Cc6ccc(NC(=O)[C@H](CCCNC(N)=O)NC(=O)[C@@H](NC(=O)CCOCCN7C(=O)C=CC7=O)C(C)C)cc6CN(C)C(=O)CCOCCOCCNC(=O)CCP(=O)(O)O)CC5)c(Cl)c4C)c23)C(=O)O)n1. The van der Waals surface area contributed by atoms with Crippen molar-refractivity contribution in [3.8, 4) is 56.1 Å². The second-order valence-corrected chi connectivity index (χ2v) is 33.4. The van der Waals surface area contributed by atoms with Gasteiger partial charge in [0.15, 0.2) is 5.82 Å². The number of nitrogens with zero attached hydrogens (tertiary/aromatic N) is 8. The molecule has 8 aromatic rings. The number of anilines is 1. The normalized spacial score (nSPS) is 14.0. The van der Waals surface area contributed by atoms with Crippen LogP contribution in [0.15, 0.2) is 134 Å². The minimum absolute atomic E-state index is 0.00110. The average molecular weight is 1770 g/mol. The maximum Gasteiger partial charge on any atom is 0.345 e. The highest BCUT2D eigenvalue weighted by atomic mass is 35.5. The Morgan fingerprint density at radius 1 is 0.742 bits per heavy atom. The molecule has 5 aromatic carbocycles. The number of carbonyl (C=O) groups is 9. The number of aromatic nitrogens is 4. The number of hydrogen-bond donors (Lipinski definition) is 9. The molecule has 10 rings (SSSR count). The number of para-hydroxylation sites is 2. The summed E-state index contributed by atoms with van der Waals surface area (Å²) in [5.41, 5.74) is 11.6. The second-order valence-electron chi connectivity index (χ2n) is 30.2. The van der Waals surface area contributed by atoms with Crippen LogP contribution in [0, 0.1) is 18.7 Å². The first-order chi connectivity index (χ1) is 59.4.